The van der Waals surface area contributed by atoms with Gasteiger partial charge in [0.1, 0.15) is 0 Å². The predicted molar refractivity (Wildman–Crippen MR) is 75.6 cm³/mol. The molecule has 0 spiro atoms. The van der Waals surface area contributed by atoms with E-state index in [9.17, 15) is 0 Å². The summed E-state index contributed by atoms with van der Waals surface area (Å²) >= 11 is 0. The lowest BCUT2D eigenvalue weighted by Gasteiger charge is -2.15. The first-order chi connectivity index (χ1) is 9.29. The second-order valence-electron chi connectivity index (χ2n) is 4.73. The lowest BCUT2D eigenvalue weighted by atomic mass is 10.1. The molecule has 4 heteroatoms. The summed E-state index contributed by atoms with van der Waals surface area (Å²) in [5.41, 5.74) is 2.18. The van der Waals surface area contributed by atoms with Crippen LogP contribution in [-0.2, 0) is 13.2 Å². The van der Waals surface area contributed by atoms with Gasteiger partial charge in [0.2, 0.25) is 0 Å². The van der Waals surface area contributed by atoms with E-state index >= 15 is 0 Å². The molecule has 1 aromatic carbocycles. The fourth-order valence-corrected chi connectivity index (χ4v) is 2.08. The minimum atomic E-state index is 0.0984. The molecule has 2 rings (SSSR count). The quantitative estimate of drug-likeness (QED) is 0.749. The summed E-state index contributed by atoms with van der Waals surface area (Å²) in [4.78, 5) is 4.02. The van der Waals surface area contributed by atoms with Crippen LogP contribution in [0.3, 0.4) is 0 Å². The smallest absolute Gasteiger partial charge is 0.0945 e. The maximum Gasteiger partial charge on any atom is 0.0945 e. The first kappa shape index (κ1) is 13.8. The van der Waals surface area contributed by atoms with Gasteiger partial charge in [-0.15, -0.1) is 0 Å². The zero-order chi connectivity index (χ0) is 13.5. The fourth-order valence-electron chi connectivity index (χ4n) is 2.08. The van der Waals surface area contributed by atoms with Crippen LogP contribution in [0.4, 0.5) is 0 Å². The minimum absolute atomic E-state index is 0.0984. The molecule has 0 fully saturated rings. The molecule has 1 unspecified atom stereocenters. The van der Waals surface area contributed by atoms with Gasteiger partial charge in [-0.05, 0) is 31.0 Å². The molecule has 2 N–H and O–H groups in total. The van der Waals surface area contributed by atoms with Gasteiger partial charge in [0.25, 0.3) is 0 Å². The van der Waals surface area contributed by atoms with Gasteiger partial charge in [0.15, 0.2) is 0 Å². The van der Waals surface area contributed by atoms with Gasteiger partial charge in [-0.3, -0.25) is 0 Å². The number of nitrogens with one attached hydrogen (secondary N) is 1. The standard InChI is InChI=1S/C15H21N3O/c1-13(15-5-2-4-14(10-15)11-19)17-6-3-8-18-9-7-16-12-18/h2,4-5,7,9-10,12-13,17,19H,3,6,8,11H2,1H3. The molecule has 0 aliphatic heterocycles. The van der Waals surface area contributed by atoms with Crippen molar-refractivity contribution in [3.63, 3.8) is 0 Å². The Hall–Kier alpha value is -1.65. The third-order valence-corrected chi connectivity index (χ3v) is 3.24. The van der Waals surface area contributed by atoms with E-state index in [-0.39, 0.29) is 6.61 Å². The van der Waals surface area contributed by atoms with Gasteiger partial charge in [-0.25, -0.2) is 4.98 Å². The third kappa shape index (κ3) is 4.19. The highest BCUT2D eigenvalue weighted by Gasteiger charge is 2.04. The first-order valence-corrected chi connectivity index (χ1v) is 6.68. The van der Waals surface area contributed by atoms with E-state index in [1.54, 1.807) is 6.20 Å². The highest BCUT2D eigenvalue weighted by atomic mass is 16.3. The molecule has 0 aliphatic carbocycles. The highest BCUT2D eigenvalue weighted by Crippen LogP contribution is 2.14. The predicted octanol–water partition coefficient (Wildman–Crippen LogP) is 2.12. The monoisotopic (exact) mass is 259 g/mol. The molecular formula is C15H21N3O. The maximum absolute atomic E-state index is 9.13. The lowest BCUT2D eigenvalue weighted by molar-refractivity contribution is 0.281. The lowest BCUT2D eigenvalue weighted by Crippen LogP contribution is -2.21. The highest BCUT2D eigenvalue weighted by molar-refractivity contribution is 5.25. The molecule has 0 saturated heterocycles. The number of aryl methyl sites for hydroxylation is 1. The van der Waals surface area contributed by atoms with Crippen LogP contribution in [0.25, 0.3) is 0 Å². The zero-order valence-electron chi connectivity index (χ0n) is 11.3. The number of aromatic nitrogens is 2. The van der Waals surface area contributed by atoms with Gasteiger partial charge >= 0.3 is 0 Å². The van der Waals surface area contributed by atoms with Gasteiger partial charge in [0.05, 0.1) is 12.9 Å². The van der Waals surface area contributed by atoms with E-state index in [1.165, 1.54) is 5.56 Å². The van der Waals surface area contributed by atoms with Crippen molar-refractivity contribution < 1.29 is 5.11 Å². The molecule has 2 aromatic rings. The number of nitrogens with zero attached hydrogens (tertiary/aromatic N) is 2. The Morgan fingerprint density at radius 1 is 1.42 bits per heavy atom. The van der Waals surface area contributed by atoms with Crippen molar-refractivity contribution in [1.29, 1.82) is 0 Å². The molecule has 0 amide bonds. The van der Waals surface area contributed by atoms with Crippen molar-refractivity contribution >= 4 is 0 Å². The third-order valence-electron chi connectivity index (χ3n) is 3.24. The van der Waals surface area contributed by atoms with Crippen LogP contribution in [0.15, 0.2) is 43.0 Å². The molecule has 0 radical (unpaired) electrons. The number of benzene rings is 1. The van der Waals surface area contributed by atoms with E-state index in [0.717, 1.165) is 25.1 Å². The maximum atomic E-state index is 9.13. The van der Waals surface area contributed by atoms with Gasteiger partial charge in [-0.1, -0.05) is 24.3 Å². The van der Waals surface area contributed by atoms with Crippen LogP contribution in [0, 0.1) is 0 Å². The second-order valence-corrected chi connectivity index (χ2v) is 4.73. The zero-order valence-corrected chi connectivity index (χ0v) is 11.3. The summed E-state index contributed by atoms with van der Waals surface area (Å²) in [5, 5.41) is 12.6. The molecule has 0 aliphatic rings. The molecule has 0 bridgehead atoms. The van der Waals surface area contributed by atoms with Crippen LogP contribution in [0.2, 0.25) is 0 Å². The second kappa shape index (κ2) is 7.07. The van der Waals surface area contributed by atoms with Crippen LogP contribution >= 0.6 is 0 Å². The van der Waals surface area contributed by atoms with E-state index in [4.69, 9.17) is 5.11 Å². The fraction of sp³-hybridized carbons (Fsp3) is 0.400. The van der Waals surface area contributed by atoms with Crippen LogP contribution in [0.5, 0.6) is 0 Å². The Balaban J connectivity index is 1.75. The normalized spacial score (nSPS) is 12.5. The van der Waals surface area contributed by atoms with Crippen LogP contribution < -0.4 is 5.32 Å². The van der Waals surface area contributed by atoms with Crippen LogP contribution in [0.1, 0.15) is 30.5 Å². The molecule has 1 heterocycles. The van der Waals surface area contributed by atoms with Crippen molar-refractivity contribution in [2.45, 2.75) is 32.5 Å². The van der Waals surface area contributed by atoms with Crippen molar-refractivity contribution in [3.05, 3.63) is 54.1 Å². The number of rotatable bonds is 7. The minimum Gasteiger partial charge on any atom is -0.392 e. The topological polar surface area (TPSA) is 50.1 Å². The summed E-state index contributed by atoms with van der Waals surface area (Å²) in [6, 6.07) is 8.37. The molecule has 19 heavy (non-hydrogen) atoms. The van der Waals surface area contributed by atoms with Crippen molar-refractivity contribution in [1.82, 2.24) is 14.9 Å². The summed E-state index contributed by atoms with van der Waals surface area (Å²) in [6.07, 6.45) is 6.69. The number of hydrogen-bond donors (Lipinski definition) is 2. The van der Waals surface area contributed by atoms with E-state index < -0.39 is 0 Å². The largest absolute Gasteiger partial charge is 0.392 e. The molecule has 1 atom stereocenters. The molecule has 1 aromatic heterocycles. The van der Waals surface area contributed by atoms with Crippen LogP contribution in [-0.4, -0.2) is 21.2 Å². The van der Waals surface area contributed by atoms with Crippen molar-refractivity contribution in [2.24, 2.45) is 0 Å². The Bertz CT molecular complexity index is 482. The molecule has 4 nitrogen and oxygen atoms in total. The summed E-state index contributed by atoms with van der Waals surface area (Å²) in [6.45, 7) is 4.19. The van der Waals surface area contributed by atoms with E-state index in [2.05, 4.69) is 27.9 Å². The van der Waals surface area contributed by atoms with E-state index in [0.29, 0.717) is 6.04 Å². The van der Waals surface area contributed by atoms with Crippen molar-refractivity contribution in [3.8, 4) is 0 Å². The number of hydrogen-bond acceptors (Lipinski definition) is 3. The average molecular weight is 259 g/mol. The van der Waals surface area contributed by atoms with Gasteiger partial charge < -0.3 is 15.0 Å². The summed E-state index contributed by atoms with van der Waals surface area (Å²) in [5.74, 6) is 0. The Kier molecular flexibility index (Phi) is 5.12. The molecule has 102 valence electrons. The molecule has 0 saturated carbocycles. The number of aliphatic hydroxyl groups excluding tert-OH is 1. The number of aliphatic hydroxyl groups is 1. The Labute approximate surface area is 114 Å². The van der Waals surface area contributed by atoms with Crippen molar-refractivity contribution in [2.75, 3.05) is 6.54 Å². The summed E-state index contributed by atoms with van der Waals surface area (Å²) in [7, 11) is 0. The van der Waals surface area contributed by atoms with Gasteiger partial charge in [0, 0.05) is 25.0 Å². The first-order valence-electron chi connectivity index (χ1n) is 6.68. The number of imidazole rings is 1. The van der Waals surface area contributed by atoms with Gasteiger partial charge in [-0.2, -0.15) is 0 Å². The molecular weight excluding hydrogens is 238 g/mol. The Morgan fingerprint density at radius 3 is 3.05 bits per heavy atom. The SMILES string of the molecule is CC(NCCCn1ccnc1)c1cccc(CO)c1. The Morgan fingerprint density at radius 2 is 2.32 bits per heavy atom. The summed E-state index contributed by atoms with van der Waals surface area (Å²) < 4.78 is 2.08. The average Bonchev–Trinajstić information content (AvgIpc) is 2.96. The van der Waals surface area contributed by atoms with E-state index in [1.807, 2.05) is 30.7 Å².